The molecule has 82 valence electrons. The minimum absolute atomic E-state index is 0.235. The van der Waals surface area contributed by atoms with E-state index in [1.54, 1.807) is 6.08 Å². The van der Waals surface area contributed by atoms with Crippen LogP contribution in [0.5, 0.6) is 0 Å². The molecule has 0 radical (unpaired) electrons. The van der Waals surface area contributed by atoms with Gasteiger partial charge in [0, 0.05) is 4.90 Å². The van der Waals surface area contributed by atoms with E-state index in [4.69, 9.17) is 11.2 Å². The molecular weight excluding hydrogens is 220 g/mol. The molecule has 1 aromatic carbocycles. The van der Waals surface area contributed by atoms with Gasteiger partial charge in [0.1, 0.15) is 6.61 Å². The monoisotopic (exact) mass is 232 g/mol. The highest BCUT2D eigenvalue weighted by Gasteiger charge is 2.02. The Labute approximate surface area is 99.7 Å². The quantitative estimate of drug-likeness (QED) is 0.443. The van der Waals surface area contributed by atoms with E-state index < -0.39 is 0 Å². The Hall–Kier alpha value is -1.66. The average Bonchev–Trinajstić information content (AvgIpc) is 2.33. The summed E-state index contributed by atoms with van der Waals surface area (Å²) in [6.45, 7) is 0.235. The summed E-state index contributed by atoms with van der Waals surface area (Å²) in [7, 11) is 0. The highest BCUT2D eigenvalue weighted by atomic mass is 32.2. The van der Waals surface area contributed by atoms with E-state index in [-0.39, 0.29) is 12.6 Å². The highest BCUT2D eigenvalue weighted by Crippen LogP contribution is 2.16. The van der Waals surface area contributed by atoms with Crippen molar-refractivity contribution in [3.05, 3.63) is 42.5 Å². The lowest BCUT2D eigenvalue weighted by molar-refractivity contribution is -0.139. The maximum absolute atomic E-state index is 11.3. The summed E-state index contributed by atoms with van der Waals surface area (Å²) in [6, 6.07) is 9.71. The van der Waals surface area contributed by atoms with E-state index in [1.165, 1.54) is 17.8 Å². The van der Waals surface area contributed by atoms with Crippen LogP contribution in [0.3, 0.4) is 0 Å². The second kappa shape index (κ2) is 7.61. The van der Waals surface area contributed by atoms with E-state index in [0.29, 0.717) is 5.75 Å². The van der Waals surface area contributed by atoms with Crippen LogP contribution in [0.1, 0.15) is 0 Å². The van der Waals surface area contributed by atoms with Crippen LogP contribution in [0.2, 0.25) is 0 Å². The van der Waals surface area contributed by atoms with E-state index >= 15 is 0 Å². The van der Waals surface area contributed by atoms with Crippen LogP contribution >= 0.6 is 11.8 Å². The number of esters is 1. The molecule has 1 rings (SSSR count). The number of benzene rings is 1. The first-order valence-corrected chi connectivity index (χ1v) is 5.76. The molecule has 0 amide bonds. The van der Waals surface area contributed by atoms with Gasteiger partial charge in [0.25, 0.3) is 0 Å². The molecule has 2 nitrogen and oxygen atoms in total. The minimum atomic E-state index is -0.240. The van der Waals surface area contributed by atoms with Gasteiger partial charge in [-0.15, -0.1) is 18.2 Å². The van der Waals surface area contributed by atoms with Crippen LogP contribution < -0.4 is 0 Å². The topological polar surface area (TPSA) is 26.3 Å². The first kappa shape index (κ1) is 12.4. The standard InChI is InChI=1S/C13H12O2S/c1-2-3-7-10-15-13(14)11-16-12-8-5-4-6-9-12/h1,3-9H,10-11H2. The van der Waals surface area contributed by atoms with Crippen LogP contribution in [0.25, 0.3) is 0 Å². The molecule has 0 heterocycles. The number of hydrogen-bond acceptors (Lipinski definition) is 3. The van der Waals surface area contributed by atoms with Gasteiger partial charge in [-0.25, -0.2) is 0 Å². The molecule has 0 saturated heterocycles. The normalized spacial score (nSPS) is 9.94. The van der Waals surface area contributed by atoms with Gasteiger partial charge in [-0.2, -0.15) is 0 Å². The van der Waals surface area contributed by atoms with Crippen LogP contribution in [0, 0.1) is 12.3 Å². The molecule has 0 N–H and O–H groups in total. The molecule has 0 aliphatic heterocycles. The minimum Gasteiger partial charge on any atom is -0.461 e. The van der Waals surface area contributed by atoms with Crippen molar-refractivity contribution in [3.8, 4) is 12.3 Å². The fraction of sp³-hybridized carbons (Fsp3) is 0.154. The Balaban J connectivity index is 2.21. The fourth-order valence-electron chi connectivity index (χ4n) is 0.958. The number of terminal acetylenes is 1. The van der Waals surface area contributed by atoms with Crippen molar-refractivity contribution in [2.45, 2.75) is 4.90 Å². The fourth-order valence-corrected chi connectivity index (χ4v) is 1.68. The van der Waals surface area contributed by atoms with Crippen LogP contribution in [-0.2, 0) is 9.53 Å². The maximum Gasteiger partial charge on any atom is 0.316 e. The van der Waals surface area contributed by atoms with Gasteiger partial charge in [-0.05, 0) is 24.3 Å². The Morgan fingerprint density at radius 2 is 2.19 bits per heavy atom. The van der Waals surface area contributed by atoms with Gasteiger partial charge in [0.15, 0.2) is 0 Å². The first-order chi connectivity index (χ1) is 7.83. The van der Waals surface area contributed by atoms with Gasteiger partial charge in [-0.1, -0.05) is 24.1 Å². The summed E-state index contributed by atoms with van der Waals surface area (Å²) >= 11 is 1.45. The molecule has 0 bridgehead atoms. The molecule has 0 unspecified atom stereocenters. The number of thioether (sulfide) groups is 1. The van der Waals surface area contributed by atoms with Crippen LogP contribution in [-0.4, -0.2) is 18.3 Å². The summed E-state index contributed by atoms with van der Waals surface area (Å²) in [5.74, 6) is 2.40. The van der Waals surface area contributed by atoms with Crippen molar-refractivity contribution in [3.63, 3.8) is 0 Å². The molecule has 3 heteroatoms. The molecule has 0 spiro atoms. The molecule has 0 fully saturated rings. The number of rotatable bonds is 5. The Morgan fingerprint density at radius 3 is 2.88 bits per heavy atom. The van der Waals surface area contributed by atoms with E-state index in [2.05, 4.69) is 5.92 Å². The molecule has 0 aromatic heterocycles. The zero-order valence-corrected chi connectivity index (χ0v) is 9.57. The lowest BCUT2D eigenvalue weighted by atomic mass is 10.4. The Morgan fingerprint density at radius 1 is 1.44 bits per heavy atom. The number of hydrogen-bond donors (Lipinski definition) is 0. The Kier molecular flexibility index (Phi) is 5.90. The maximum atomic E-state index is 11.3. The predicted octanol–water partition coefficient (Wildman–Crippen LogP) is 2.51. The predicted molar refractivity (Wildman–Crippen MR) is 66.1 cm³/mol. The number of carbonyl (C=O) groups excluding carboxylic acids is 1. The molecule has 0 atom stereocenters. The van der Waals surface area contributed by atoms with Gasteiger partial charge in [0.2, 0.25) is 0 Å². The highest BCUT2D eigenvalue weighted by molar-refractivity contribution is 8.00. The smallest absolute Gasteiger partial charge is 0.316 e. The van der Waals surface area contributed by atoms with Crippen molar-refractivity contribution < 1.29 is 9.53 Å². The van der Waals surface area contributed by atoms with E-state index in [1.807, 2.05) is 30.3 Å². The second-order valence-corrected chi connectivity index (χ2v) is 3.90. The van der Waals surface area contributed by atoms with E-state index in [0.717, 1.165) is 4.90 Å². The molecule has 1 aromatic rings. The lowest BCUT2D eigenvalue weighted by Gasteiger charge is -2.01. The first-order valence-electron chi connectivity index (χ1n) is 4.77. The zero-order valence-electron chi connectivity index (χ0n) is 8.76. The average molecular weight is 232 g/mol. The summed E-state index contributed by atoms with van der Waals surface area (Å²) < 4.78 is 4.92. The third-order valence-electron chi connectivity index (χ3n) is 1.65. The number of allylic oxidation sites excluding steroid dienone is 1. The summed E-state index contributed by atoms with van der Waals surface area (Å²) in [5, 5.41) is 0. The van der Waals surface area contributed by atoms with Crippen LogP contribution in [0.15, 0.2) is 47.4 Å². The zero-order chi connectivity index (χ0) is 11.6. The summed E-state index contributed by atoms with van der Waals surface area (Å²) in [4.78, 5) is 12.3. The molecular formula is C13H12O2S. The van der Waals surface area contributed by atoms with E-state index in [9.17, 15) is 4.79 Å². The van der Waals surface area contributed by atoms with Gasteiger partial charge in [0.05, 0.1) is 5.75 Å². The summed E-state index contributed by atoms with van der Waals surface area (Å²) in [5.41, 5.74) is 0. The van der Waals surface area contributed by atoms with Crippen molar-refractivity contribution in [2.75, 3.05) is 12.4 Å². The van der Waals surface area contributed by atoms with Crippen LogP contribution in [0.4, 0.5) is 0 Å². The van der Waals surface area contributed by atoms with Crippen molar-refractivity contribution >= 4 is 17.7 Å². The molecule has 16 heavy (non-hydrogen) atoms. The molecule has 0 aliphatic carbocycles. The molecule has 0 saturated carbocycles. The Bertz CT molecular complexity index is 390. The number of carbonyl (C=O) groups is 1. The van der Waals surface area contributed by atoms with Gasteiger partial charge < -0.3 is 4.74 Å². The van der Waals surface area contributed by atoms with Gasteiger partial charge in [-0.3, -0.25) is 4.79 Å². The third-order valence-corrected chi connectivity index (χ3v) is 2.64. The summed E-state index contributed by atoms with van der Waals surface area (Å²) in [6.07, 6.45) is 8.14. The number of ether oxygens (including phenoxy) is 1. The van der Waals surface area contributed by atoms with Gasteiger partial charge >= 0.3 is 5.97 Å². The largest absolute Gasteiger partial charge is 0.461 e. The molecule has 0 aliphatic rings. The second-order valence-electron chi connectivity index (χ2n) is 2.85. The van der Waals surface area contributed by atoms with Crippen molar-refractivity contribution in [1.82, 2.24) is 0 Å². The van der Waals surface area contributed by atoms with Crippen molar-refractivity contribution in [1.29, 1.82) is 0 Å². The third kappa shape index (κ3) is 5.28. The lowest BCUT2D eigenvalue weighted by Crippen LogP contribution is -2.06. The SMILES string of the molecule is C#CC=CCOC(=O)CSc1ccccc1. The van der Waals surface area contributed by atoms with Crippen molar-refractivity contribution in [2.24, 2.45) is 0 Å².